The summed E-state index contributed by atoms with van der Waals surface area (Å²) < 4.78 is 41.0. The Morgan fingerprint density at radius 3 is 2.12 bits per heavy atom. The number of carbonyl (C=O) groups excluding carboxylic acids is 2. The molecule has 5 rings (SSSR count). The first kappa shape index (κ1) is 28.2. The molecular formula is C31H32F3N5O2. The Bertz CT molecular complexity index is 1540. The number of hydrogen-bond acceptors (Lipinski definition) is 4. The SMILES string of the molecule is CCC(=O)Nc1ccc2c(c1)cc(C(=O)Nc1ccc(N3CCN(C)CC3)cc1)n2Cc1ccc(C(F)(F)F)cc1. The molecule has 4 aromatic rings. The van der Waals surface area contributed by atoms with Crippen molar-refractivity contribution >= 4 is 39.8 Å². The van der Waals surface area contributed by atoms with E-state index >= 15 is 0 Å². The van der Waals surface area contributed by atoms with Gasteiger partial charge in [0, 0.05) is 67.1 Å². The summed E-state index contributed by atoms with van der Waals surface area (Å²) in [5.41, 5.74) is 3.28. The monoisotopic (exact) mass is 563 g/mol. The molecule has 1 aromatic heterocycles. The molecule has 1 aliphatic rings. The average Bonchev–Trinajstić information content (AvgIpc) is 3.31. The van der Waals surface area contributed by atoms with E-state index in [1.165, 1.54) is 12.1 Å². The predicted octanol–water partition coefficient (Wildman–Crippen LogP) is 6.06. The second-order valence-electron chi connectivity index (χ2n) is 10.3. The molecule has 0 bridgehead atoms. The number of alkyl halides is 3. The summed E-state index contributed by atoms with van der Waals surface area (Å²) >= 11 is 0. The highest BCUT2D eigenvalue weighted by Gasteiger charge is 2.30. The van der Waals surface area contributed by atoms with Crippen LogP contribution in [0.2, 0.25) is 0 Å². The average molecular weight is 564 g/mol. The molecule has 0 radical (unpaired) electrons. The maximum atomic E-state index is 13.5. The Hall–Kier alpha value is -4.31. The third-order valence-electron chi connectivity index (χ3n) is 7.35. The third kappa shape index (κ3) is 6.54. The molecule has 2 heterocycles. The number of nitrogens with one attached hydrogen (secondary N) is 2. The minimum atomic E-state index is -4.43. The van der Waals surface area contributed by atoms with Crippen molar-refractivity contribution in [3.8, 4) is 0 Å². The highest BCUT2D eigenvalue weighted by molar-refractivity contribution is 6.07. The molecule has 0 unspecified atom stereocenters. The highest BCUT2D eigenvalue weighted by atomic mass is 19.4. The molecule has 2 N–H and O–H groups in total. The first-order valence-corrected chi connectivity index (χ1v) is 13.5. The fraction of sp³-hybridized carbons (Fsp3) is 0.290. The van der Waals surface area contributed by atoms with E-state index in [1.807, 2.05) is 24.3 Å². The van der Waals surface area contributed by atoms with Gasteiger partial charge in [-0.15, -0.1) is 0 Å². The van der Waals surface area contributed by atoms with Crippen LogP contribution in [-0.2, 0) is 17.5 Å². The maximum Gasteiger partial charge on any atom is 0.416 e. The summed E-state index contributed by atoms with van der Waals surface area (Å²) in [5, 5.41) is 6.51. The van der Waals surface area contributed by atoms with Crippen LogP contribution in [0.5, 0.6) is 0 Å². The molecule has 1 aliphatic heterocycles. The van der Waals surface area contributed by atoms with Gasteiger partial charge in [0.15, 0.2) is 0 Å². The number of nitrogens with zero attached hydrogens (tertiary/aromatic N) is 3. The van der Waals surface area contributed by atoms with E-state index in [0.717, 1.165) is 54.9 Å². The molecule has 1 fully saturated rings. The molecule has 2 amide bonds. The number of rotatable bonds is 7. The van der Waals surface area contributed by atoms with E-state index in [2.05, 4.69) is 27.5 Å². The Labute approximate surface area is 236 Å². The van der Waals surface area contributed by atoms with Gasteiger partial charge in [0.25, 0.3) is 5.91 Å². The minimum absolute atomic E-state index is 0.133. The van der Waals surface area contributed by atoms with Gasteiger partial charge < -0.3 is 25.0 Å². The normalized spacial score (nSPS) is 14.3. The van der Waals surface area contributed by atoms with Crippen molar-refractivity contribution in [2.75, 3.05) is 48.8 Å². The van der Waals surface area contributed by atoms with Crippen molar-refractivity contribution in [3.05, 3.63) is 89.6 Å². The first-order valence-electron chi connectivity index (χ1n) is 13.5. The fourth-order valence-electron chi connectivity index (χ4n) is 4.95. The van der Waals surface area contributed by atoms with Crippen LogP contribution in [0.3, 0.4) is 0 Å². The zero-order chi connectivity index (χ0) is 29.1. The van der Waals surface area contributed by atoms with Crippen LogP contribution in [0.15, 0.2) is 72.8 Å². The van der Waals surface area contributed by atoms with Crippen LogP contribution in [0, 0.1) is 0 Å². The van der Waals surface area contributed by atoms with Crippen molar-refractivity contribution < 1.29 is 22.8 Å². The van der Waals surface area contributed by atoms with Gasteiger partial charge in [-0.1, -0.05) is 19.1 Å². The summed E-state index contributed by atoms with van der Waals surface area (Å²) in [7, 11) is 2.11. The van der Waals surface area contributed by atoms with Crippen LogP contribution in [0.1, 0.15) is 35.0 Å². The van der Waals surface area contributed by atoms with Crippen molar-refractivity contribution in [2.24, 2.45) is 0 Å². The number of aromatic nitrogens is 1. The number of hydrogen-bond donors (Lipinski definition) is 2. The van der Waals surface area contributed by atoms with Crippen LogP contribution in [0.4, 0.5) is 30.2 Å². The van der Waals surface area contributed by atoms with Gasteiger partial charge in [-0.05, 0) is 73.3 Å². The lowest BCUT2D eigenvalue weighted by Crippen LogP contribution is -2.44. The van der Waals surface area contributed by atoms with Gasteiger partial charge in [-0.3, -0.25) is 9.59 Å². The summed E-state index contributed by atoms with van der Waals surface area (Å²) in [6.45, 7) is 5.81. The highest BCUT2D eigenvalue weighted by Crippen LogP contribution is 2.30. The van der Waals surface area contributed by atoms with Crippen LogP contribution in [0.25, 0.3) is 10.9 Å². The molecule has 0 aliphatic carbocycles. The van der Waals surface area contributed by atoms with Crippen molar-refractivity contribution in [2.45, 2.75) is 26.1 Å². The summed E-state index contributed by atoms with van der Waals surface area (Å²) in [6.07, 6.45) is -4.10. The third-order valence-corrected chi connectivity index (χ3v) is 7.35. The molecule has 0 spiro atoms. The number of anilines is 3. The Kier molecular flexibility index (Phi) is 8.03. The van der Waals surface area contributed by atoms with Gasteiger partial charge in [0.05, 0.1) is 5.56 Å². The van der Waals surface area contributed by atoms with Crippen LogP contribution >= 0.6 is 0 Å². The summed E-state index contributed by atoms with van der Waals surface area (Å²) in [6, 6.07) is 19.7. The topological polar surface area (TPSA) is 69.6 Å². The number of carbonyl (C=O) groups is 2. The van der Waals surface area contributed by atoms with Gasteiger partial charge in [-0.2, -0.15) is 13.2 Å². The van der Waals surface area contributed by atoms with Crippen molar-refractivity contribution in [1.82, 2.24) is 9.47 Å². The molecule has 10 heteroatoms. The van der Waals surface area contributed by atoms with Gasteiger partial charge in [0.2, 0.25) is 5.91 Å². The molecule has 0 saturated carbocycles. The quantitative estimate of drug-likeness (QED) is 0.287. The fourth-order valence-corrected chi connectivity index (χ4v) is 4.95. The smallest absolute Gasteiger partial charge is 0.369 e. The molecule has 41 heavy (non-hydrogen) atoms. The summed E-state index contributed by atoms with van der Waals surface area (Å²) in [5.74, 6) is -0.480. The second kappa shape index (κ2) is 11.7. The van der Waals surface area contributed by atoms with Gasteiger partial charge in [-0.25, -0.2) is 0 Å². The van der Waals surface area contributed by atoms with E-state index in [9.17, 15) is 22.8 Å². The lowest BCUT2D eigenvalue weighted by Gasteiger charge is -2.34. The first-order chi connectivity index (χ1) is 19.6. The molecular weight excluding hydrogens is 531 g/mol. The molecule has 0 atom stereocenters. The lowest BCUT2D eigenvalue weighted by atomic mass is 10.1. The van der Waals surface area contributed by atoms with Crippen LogP contribution < -0.4 is 15.5 Å². The standard InChI is InChI=1S/C31H32F3N5O2/c1-3-29(40)35-25-10-13-27-22(18-25)19-28(39(27)20-21-4-6-23(7-5-21)31(32,33)34)30(41)36-24-8-11-26(12-9-24)38-16-14-37(2)15-17-38/h4-13,18-19H,3,14-17,20H2,1-2H3,(H,35,40)(H,36,41). The maximum absolute atomic E-state index is 13.5. The number of benzene rings is 3. The van der Waals surface area contributed by atoms with E-state index in [-0.39, 0.29) is 18.4 Å². The Morgan fingerprint density at radius 2 is 1.49 bits per heavy atom. The van der Waals surface area contributed by atoms with Gasteiger partial charge in [0.1, 0.15) is 5.69 Å². The van der Waals surface area contributed by atoms with E-state index in [0.29, 0.717) is 29.1 Å². The molecule has 7 nitrogen and oxygen atoms in total. The van der Waals surface area contributed by atoms with Crippen molar-refractivity contribution in [3.63, 3.8) is 0 Å². The van der Waals surface area contributed by atoms with Crippen LogP contribution in [-0.4, -0.2) is 54.5 Å². The molecule has 3 aromatic carbocycles. The summed E-state index contributed by atoms with van der Waals surface area (Å²) in [4.78, 5) is 30.1. The Balaban J connectivity index is 1.42. The molecule has 214 valence electrons. The van der Waals surface area contributed by atoms with E-state index in [4.69, 9.17) is 0 Å². The number of fused-ring (bicyclic) bond motifs is 1. The van der Waals surface area contributed by atoms with Gasteiger partial charge >= 0.3 is 6.18 Å². The van der Waals surface area contributed by atoms with E-state index in [1.54, 1.807) is 35.8 Å². The largest absolute Gasteiger partial charge is 0.416 e. The number of amides is 2. The minimum Gasteiger partial charge on any atom is -0.369 e. The zero-order valence-electron chi connectivity index (χ0n) is 23.0. The Morgan fingerprint density at radius 1 is 0.829 bits per heavy atom. The second-order valence-corrected chi connectivity index (χ2v) is 10.3. The number of halogens is 3. The number of piperazine rings is 1. The molecule has 1 saturated heterocycles. The van der Waals surface area contributed by atoms with E-state index < -0.39 is 11.7 Å². The van der Waals surface area contributed by atoms with Crippen molar-refractivity contribution in [1.29, 1.82) is 0 Å². The predicted molar refractivity (Wildman–Crippen MR) is 156 cm³/mol. The number of likely N-dealkylation sites (N-methyl/N-ethyl adjacent to an activating group) is 1. The zero-order valence-corrected chi connectivity index (χ0v) is 23.0. The lowest BCUT2D eigenvalue weighted by molar-refractivity contribution is -0.137.